The molecule has 8 nitrogen and oxygen atoms in total. The van der Waals surface area contributed by atoms with Crippen molar-refractivity contribution >= 4 is 11.8 Å². The summed E-state index contributed by atoms with van der Waals surface area (Å²) in [5, 5.41) is 8.07. The van der Waals surface area contributed by atoms with Gasteiger partial charge in [-0.15, -0.1) is 5.10 Å². The number of carbonyl (C=O) groups is 2. The number of hydrogen-bond donors (Lipinski definition) is 0. The molecular formula is C20H28N4O4. The molecule has 152 valence electrons. The van der Waals surface area contributed by atoms with Crippen LogP contribution < -0.4 is 4.74 Å². The van der Waals surface area contributed by atoms with Crippen molar-refractivity contribution in [2.24, 2.45) is 5.92 Å². The first kappa shape index (κ1) is 19.1. The van der Waals surface area contributed by atoms with Crippen LogP contribution in [-0.2, 0) is 14.3 Å². The van der Waals surface area contributed by atoms with Crippen molar-refractivity contribution in [1.29, 1.82) is 0 Å². The summed E-state index contributed by atoms with van der Waals surface area (Å²) in [6.07, 6.45) is 3.74. The number of amides is 2. The minimum Gasteiger partial charge on any atom is -0.471 e. The average molecular weight is 388 g/mol. The van der Waals surface area contributed by atoms with E-state index in [0.29, 0.717) is 38.6 Å². The average Bonchev–Trinajstić information content (AvgIpc) is 3.12. The number of likely N-dealkylation sites (tertiary alicyclic amines) is 2. The van der Waals surface area contributed by atoms with E-state index in [1.165, 1.54) is 0 Å². The van der Waals surface area contributed by atoms with E-state index in [0.717, 1.165) is 37.9 Å². The van der Waals surface area contributed by atoms with Gasteiger partial charge in [-0.05, 0) is 38.7 Å². The quantitative estimate of drug-likeness (QED) is 0.770. The van der Waals surface area contributed by atoms with E-state index in [4.69, 9.17) is 9.47 Å². The molecule has 0 N–H and O–H groups in total. The Balaban J connectivity index is 1.33. The van der Waals surface area contributed by atoms with Gasteiger partial charge in [-0.3, -0.25) is 9.59 Å². The van der Waals surface area contributed by atoms with E-state index < -0.39 is 0 Å². The lowest BCUT2D eigenvalue weighted by Crippen LogP contribution is -2.47. The second kappa shape index (κ2) is 8.43. The van der Waals surface area contributed by atoms with Crippen LogP contribution in [0.2, 0.25) is 0 Å². The van der Waals surface area contributed by atoms with Crippen LogP contribution in [0.25, 0.3) is 0 Å². The molecule has 0 radical (unpaired) electrons. The highest BCUT2D eigenvalue weighted by atomic mass is 16.5. The number of piperidine rings is 1. The van der Waals surface area contributed by atoms with Crippen LogP contribution in [0.5, 0.6) is 5.88 Å². The zero-order valence-electron chi connectivity index (χ0n) is 16.4. The number of carbonyl (C=O) groups excluding carboxylic acids is 2. The zero-order valence-corrected chi connectivity index (χ0v) is 16.4. The standard InChI is InChI=1S/C20H28N4O4/c1-14-4-5-18(22-21-14)28-17-3-2-8-23(13-17)20(26)15-11-19(25)24(12-15)16-6-9-27-10-7-16/h4-5,15-17H,2-3,6-13H2,1H3/t15-,17+/m1/s1. The Morgan fingerprint density at radius 3 is 2.75 bits per heavy atom. The van der Waals surface area contributed by atoms with Crippen LogP contribution in [0.15, 0.2) is 12.1 Å². The molecule has 0 aromatic carbocycles. The molecule has 2 amide bonds. The van der Waals surface area contributed by atoms with E-state index in [2.05, 4.69) is 10.2 Å². The van der Waals surface area contributed by atoms with Gasteiger partial charge >= 0.3 is 0 Å². The van der Waals surface area contributed by atoms with Gasteiger partial charge < -0.3 is 19.3 Å². The van der Waals surface area contributed by atoms with Gasteiger partial charge in [0, 0.05) is 44.8 Å². The zero-order chi connectivity index (χ0) is 19.5. The molecule has 28 heavy (non-hydrogen) atoms. The van der Waals surface area contributed by atoms with Crippen molar-refractivity contribution in [2.75, 3.05) is 32.8 Å². The Morgan fingerprint density at radius 1 is 1.18 bits per heavy atom. The molecule has 8 heteroatoms. The lowest BCUT2D eigenvalue weighted by Gasteiger charge is -2.34. The van der Waals surface area contributed by atoms with Gasteiger partial charge in [0.1, 0.15) is 6.10 Å². The highest BCUT2D eigenvalue weighted by Crippen LogP contribution is 2.27. The summed E-state index contributed by atoms with van der Waals surface area (Å²) in [7, 11) is 0. The van der Waals surface area contributed by atoms with E-state index in [1.54, 1.807) is 0 Å². The topological polar surface area (TPSA) is 84.9 Å². The van der Waals surface area contributed by atoms with Crippen LogP contribution in [0.4, 0.5) is 0 Å². The molecular weight excluding hydrogens is 360 g/mol. The third kappa shape index (κ3) is 4.27. The molecule has 4 heterocycles. The molecule has 1 aromatic heterocycles. The first-order valence-electron chi connectivity index (χ1n) is 10.2. The Hall–Kier alpha value is -2.22. The summed E-state index contributed by atoms with van der Waals surface area (Å²) < 4.78 is 11.3. The fourth-order valence-corrected chi connectivity index (χ4v) is 4.36. The van der Waals surface area contributed by atoms with Gasteiger partial charge in [0.05, 0.1) is 18.2 Å². The Morgan fingerprint density at radius 2 is 2.00 bits per heavy atom. The number of hydrogen-bond acceptors (Lipinski definition) is 6. The molecule has 3 aliphatic heterocycles. The summed E-state index contributed by atoms with van der Waals surface area (Å²) in [6.45, 7) is 5.06. The maximum Gasteiger partial charge on any atom is 0.233 e. The third-order valence-corrected chi connectivity index (χ3v) is 5.89. The Labute approximate surface area is 165 Å². The van der Waals surface area contributed by atoms with Crippen LogP contribution in [0, 0.1) is 12.8 Å². The molecule has 3 saturated heterocycles. The van der Waals surface area contributed by atoms with Crippen LogP contribution >= 0.6 is 0 Å². The minimum absolute atomic E-state index is 0.0752. The monoisotopic (exact) mass is 388 g/mol. The summed E-state index contributed by atoms with van der Waals surface area (Å²) in [5.74, 6) is 0.427. The summed E-state index contributed by atoms with van der Waals surface area (Å²) in [4.78, 5) is 29.3. The fraction of sp³-hybridized carbons (Fsp3) is 0.700. The smallest absolute Gasteiger partial charge is 0.233 e. The van der Waals surface area contributed by atoms with Gasteiger partial charge in [0.2, 0.25) is 17.7 Å². The number of aryl methyl sites for hydroxylation is 1. The van der Waals surface area contributed by atoms with Gasteiger partial charge in [0.15, 0.2) is 0 Å². The number of aromatic nitrogens is 2. The molecule has 0 unspecified atom stereocenters. The van der Waals surface area contributed by atoms with Gasteiger partial charge in [-0.2, -0.15) is 5.10 Å². The summed E-state index contributed by atoms with van der Waals surface area (Å²) in [5.41, 5.74) is 0.841. The Bertz CT molecular complexity index is 705. The largest absolute Gasteiger partial charge is 0.471 e. The third-order valence-electron chi connectivity index (χ3n) is 5.89. The van der Waals surface area contributed by atoms with Crippen molar-refractivity contribution in [2.45, 2.75) is 51.2 Å². The lowest BCUT2D eigenvalue weighted by atomic mass is 10.0. The van der Waals surface area contributed by atoms with Crippen molar-refractivity contribution in [1.82, 2.24) is 20.0 Å². The van der Waals surface area contributed by atoms with Crippen molar-refractivity contribution < 1.29 is 19.1 Å². The molecule has 1 aromatic rings. The van der Waals surface area contributed by atoms with Gasteiger partial charge in [0.25, 0.3) is 0 Å². The van der Waals surface area contributed by atoms with Crippen LogP contribution in [0.1, 0.15) is 37.8 Å². The molecule has 0 spiro atoms. The number of nitrogens with zero attached hydrogens (tertiary/aromatic N) is 4. The normalized spacial score (nSPS) is 26.5. The second-order valence-electron chi connectivity index (χ2n) is 7.97. The molecule has 0 saturated carbocycles. The lowest BCUT2D eigenvalue weighted by molar-refractivity contribution is -0.138. The van der Waals surface area contributed by atoms with Crippen LogP contribution in [-0.4, -0.2) is 76.8 Å². The molecule has 4 rings (SSSR count). The molecule has 2 atom stereocenters. The highest BCUT2D eigenvalue weighted by Gasteiger charge is 2.40. The predicted octanol–water partition coefficient (Wildman–Crippen LogP) is 1.18. The second-order valence-corrected chi connectivity index (χ2v) is 7.97. The number of ether oxygens (including phenoxy) is 2. The van der Waals surface area contributed by atoms with Crippen molar-refractivity contribution in [3.63, 3.8) is 0 Å². The number of rotatable bonds is 4. The Kier molecular flexibility index (Phi) is 5.75. The molecule has 3 aliphatic rings. The van der Waals surface area contributed by atoms with E-state index in [1.807, 2.05) is 28.9 Å². The summed E-state index contributed by atoms with van der Waals surface area (Å²) in [6, 6.07) is 3.89. The van der Waals surface area contributed by atoms with E-state index >= 15 is 0 Å². The predicted molar refractivity (Wildman–Crippen MR) is 101 cm³/mol. The maximum absolute atomic E-state index is 13.1. The highest BCUT2D eigenvalue weighted by molar-refractivity contribution is 5.89. The van der Waals surface area contributed by atoms with E-state index in [-0.39, 0.29) is 29.9 Å². The van der Waals surface area contributed by atoms with Crippen LogP contribution in [0.3, 0.4) is 0 Å². The maximum atomic E-state index is 13.1. The molecule has 0 aliphatic carbocycles. The minimum atomic E-state index is -0.242. The molecule has 0 bridgehead atoms. The fourth-order valence-electron chi connectivity index (χ4n) is 4.36. The van der Waals surface area contributed by atoms with Crippen molar-refractivity contribution in [3.05, 3.63) is 17.8 Å². The van der Waals surface area contributed by atoms with Gasteiger partial charge in [-0.1, -0.05) is 0 Å². The molecule has 3 fully saturated rings. The van der Waals surface area contributed by atoms with E-state index in [9.17, 15) is 9.59 Å². The first-order valence-corrected chi connectivity index (χ1v) is 10.2. The SMILES string of the molecule is Cc1ccc(O[C@H]2CCCN(C(=O)[C@@H]3CC(=O)N(C4CCOCC4)C3)C2)nn1. The van der Waals surface area contributed by atoms with Gasteiger partial charge in [-0.25, -0.2) is 0 Å². The summed E-state index contributed by atoms with van der Waals surface area (Å²) >= 11 is 0. The first-order chi connectivity index (χ1) is 13.6. The van der Waals surface area contributed by atoms with Crippen molar-refractivity contribution in [3.8, 4) is 5.88 Å².